The van der Waals surface area contributed by atoms with Gasteiger partial charge in [0.05, 0.1) is 7.05 Å². The van der Waals surface area contributed by atoms with Crippen molar-refractivity contribution < 1.29 is 14.5 Å². The Balaban J connectivity index is 1.94. The lowest BCUT2D eigenvalue weighted by atomic mass is 10.2. The van der Waals surface area contributed by atoms with Crippen molar-refractivity contribution in [3.63, 3.8) is 0 Å². The summed E-state index contributed by atoms with van der Waals surface area (Å²) in [4.78, 5) is 24.4. The molecule has 2 amide bonds. The van der Waals surface area contributed by atoms with Crippen LogP contribution in [0.25, 0.3) is 0 Å². The third kappa shape index (κ3) is 4.16. The van der Waals surface area contributed by atoms with Gasteiger partial charge in [0.25, 0.3) is 5.91 Å². The van der Waals surface area contributed by atoms with Crippen molar-refractivity contribution in [1.82, 2.24) is 0 Å². The highest BCUT2D eigenvalue weighted by Gasteiger charge is 2.22. The number of amides is 2. The Morgan fingerprint density at radius 3 is 2.50 bits per heavy atom. The molecular formula is C16H20N3O2S+. The Hall–Kier alpha value is -2.18. The monoisotopic (exact) mass is 318 g/mol. The SMILES string of the molecule is C[C@H](C(=O)Nc1ccc(C(N)=O)cc1)[NH+](C)Cc1ccsc1. The van der Waals surface area contributed by atoms with Gasteiger partial charge in [0.15, 0.2) is 6.04 Å². The molecule has 0 bridgehead atoms. The van der Waals surface area contributed by atoms with E-state index < -0.39 is 5.91 Å². The summed E-state index contributed by atoms with van der Waals surface area (Å²) >= 11 is 1.66. The van der Waals surface area contributed by atoms with Crippen molar-refractivity contribution in [2.45, 2.75) is 19.5 Å². The molecule has 5 nitrogen and oxygen atoms in total. The lowest BCUT2D eigenvalue weighted by Gasteiger charge is -2.20. The van der Waals surface area contributed by atoms with E-state index >= 15 is 0 Å². The summed E-state index contributed by atoms with van der Waals surface area (Å²) in [6.07, 6.45) is 0. The summed E-state index contributed by atoms with van der Waals surface area (Å²) in [5.41, 5.74) is 7.50. The maximum absolute atomic E-state index is 12.3. The number of carbonyl (C=O) groups excluding carboxylic acids is 2. The molecular weight excluding hydrogens is 298 g/mol. The molecule has 116 valence electrons. The molecule has 0 aliphatic carbocycles. The van der Waals surface area contributed by atoms with E-state index in [1.807, 2.05) is 19.4 Å². The Morgan fingerprint density at radius 2 is 1.95 bits per heavy atom. The van der Waals surface area contributed by atoms with Gasteiger partial charge in [-0.25, -0.2) is 0 Å². The number of quaternary nitrogens is 1. The van der Waals surface area contributed by atoms with Gasteiger partial charge in [0.2, 0.25) is 5.91 Å². The quantitative estimate of drug-likeness (QED) is 0.740. The molecule has 22 heavy (non-hydrogen) atoms. The molecule has 1 aromatic heterocycles. The lowest BCUT2D eigenvalue weighted by Crippen LogP contribution is -3.12. The van der Waals surface area contributed by atoms with E-state index in [0.29, 0.717) is 11.3 Å². The number of benzene rings is 1. The second-order valence-electron chi connectivity index (χ2n) is 5.31. The van der Waals surface area contributed by atoms with Gasteiger partial charge in [-0.15, -0.1) is 0 Å². The normalized spacial score (nSPS) is 13.4. The van der Waals surface area contributed by atoms with E-state index in [9.17, 15) is 9.59 Å². The smallest absolute Gasteiger partial charge is 0.282 e. The molecule has 2 aromatic rings. The first kappa shape index (κ1) is 16.2. The van der Waals surface area contributed by atoms with Crippen LogP contribution in [0.5, 0.6) is 0 Å². The second kappa shape index (κ2) is 7.20. The van der Waals surface area contributed by atoms with Crippen LogP contribution >= 0.6 is 11.3 Å². The van der Waals surface area contributed by atoms with Gasteiger partial charge in [-0.3, -0.25) is 9.59 Å². The summed E-state index contributed by atoms with van der Waals surface area (Å²) in [7, 11) is 2.00. The van der Waals surface area contributed by atoms with Crippen molar-refractivity contribution in [2.24, 2.45) is 5.73 Å². The average Bonchev–Trinajstić information content (AvgIpc) is 2.99. The third-order valence-corrected chi connectivity index (χ3v) is 4.36. The molecule has 0 aliphatic heterocycles. The van der Waals surface area contributed by atoms with Crippen LogP contribution in [0.3, 0.4) is 0 Å². The molecule has 6 heteroatoms. The molecule has 1 heterocycles. The van der Waals surface area contributed by atoms with Crippen molar-refractivity contribution in [3.8, 4) is 0 Å². The van der Waals surface area contributed by atoms with Crippen LogP contribution in [0.15, 0.2) is 41.1 Å². The Morgan fingerprint density at radius 1 is 1.27 bits per heavy atom. The lowest BCUT2D eigenvalue weighted by molar-refractivity contribution is -0.907. The highest BCUT2D eigenvalue weighted by Crippen LogP contribution is 2.09. The topological polar surface area (TPSA) is 76.6 Å². The number of primary amides is 1. The number of hydrogen-bond acceptors (Lipinski definition) is 3. The van der Waals surface area contributed by atoms with Crippen LogP contribution in [-0.2, 0) is 11.3 Å². The number of likely N-dealkylation sites (N-methyl/N-ethyl adjacent to an activating group) is 1. The molecule has 2 rings (SSSR count). The number of hydrogen-bond donors (Lipinski definition) is 3. The fourth-order valence-electron chi connectivity index (χ4n) is 2.06. The molecule has 1 unspecified atom stereocenters. The van der Waals surface area contributed by atoms with E-state index in [1.54, 1.807) is 35.6 Å². The number of rotatable bonds is 6. The van der Waals surface area contributed by atoms with Gasteiger partial charge < -0.3 is 16.0 Å². The van der Waals surface area contributed by atoms with Crippen LogP contribution in [0.1, 0.15) is 22.8 Å². The first-order chi connectivity index (χ1) is 10.5. The van der Waals surface area contributed by atoms with E-state index in [1.165, 1.54) is 5.56 Å². The summed E-state index contributed by atoms with van der Waals surface area (Å²) in [6, 6.07) is 8.45. The highest BCUT2D eigenvalue weighted by atomic mass is 32.1. The summed E-state index contributed by atoms with van der Waals surface area (Å²) in [6.45, 7) is 2.70. The van der Waals surface area contributed by atoms with E-state index in [-0.39, 0.29) is 11.9 Å². The van der Waals surface area contributed by atoms with Gasteiger partial charge in [-0.1, -0.05) is 0 Å². The van der Waals surface area contributed by atoms with Gasteiger partial charge in [0, 0.05) is 16.8 Å². The minimum atomic E-state index is -0.480. The van der Waals surface area contributed by atoms with Crippen LogP contribution in [0, 0.1) is 0 Å². The predicted octanol–water partition coefficient (Wildman–Crippen LogP) is 0.889. The second-order valence-corrected chi connectivity index (χ2v) is 6.09. The molecule has 0 saturated heterocycles. The van der Waals surface area contributed by atoms with Crippen molar-refractivity contribution >= 4 is 28.8 Å². The fraction of sp³-hybridized carbons (Fsp3) is 0.250. The van der Waals surface area contributed by atoms with Crippen molar-refractivity contribution in [3.05, 3.63) is 52.2 Å². The van der Waals surface area contributed by atoms with Crippen molar-refractivity contribution in [1.29, 1.82) is 0 Å². The van der Waals surface area contributed by atoms with Gasteiger partial charge in [0.1, 0.15) is 6.54 Å². The number of carbonyl (C=O) groups is 2. The number of nitrogens with one attached hydrogen (secondary N) is 2. The molecule has 0 spiro atoms. The molecule has 2 atom stereocenters. The molecule has 0 fully saturated rings. The first-order valence-corrected chi connectivity index (χ1v) is 7.95. The summed E-state index contributed by atoms with van der Waals surface area (Å²) in [5, 5.41) is 6.99. The van der Waals surface area contributed by atoms with Crippen LogP contribution < -0.4 is 16.0 Å². The fourth-order valence-corrected chi connectivity index (χ4v) is 2.73. The summed E-state index contributed by atoms with van der Waals surface area (Å²) < 4.78 is 0. The zero-order chi connectivity index (χ0) is 16.1. The van der Waals surface area contributed by atoms with Gasteiger partial charge in [-0.2, -0.15) is 11.3 Å². The van der Waals surface area contributed by atoms with E-state index in [4.69, 9.17) is 5.73 Å². The van der Waals surface area contributed by atoms with Crippen LogP contribution in [0.2, 0.25) is 0 Å². The standard InChI is InChI=1S/C16H19N3O2S/c1-11(19(2)9-12-7-8-22-10-12)16(21)18-14-5-3-13(4-6-14)15(17)20/h3-8,10-11H,9H2,1-2H3,(H2,17,20)(H,18,21)/p+1/t11-/m1/s1. The first-order valence-electron chi connectivity index (χ1n) is 7.01. The molecule has 1 aromatic carbocycles. The average molecular weight is 318 g/mol. The van der Waals surface area contributed by atoms with Gasteiger partial charge >= 0.3 is 0 Å². The largest absolute Gasteiger partial charge is 0.366 e. The number of nitrogens with two attached hydrogens (primary N) is 1. The minimum absolute atomic E-state index is 0.0560. The zero-order valence-electron chi connectivity index (χ0n) is 12.6. The Kier molecular flexibility index (Phi) is 5.30. The maximum atomic E-state index is 12.3. The predicted molar refractivity (Wildman–Crippen MR) is 88.0 cm³/mol. The number of anilines is 1. The van der Waals surface area contributed by atoms with E-state index in [0.717, 1.165) is 11.4 Å². The highest BCUT2D eigenvalue weighted by molar-refractivity contribution is 7.07. The molecule has 0 saturated carbocycles. The molecule has 0 radical (unpaired) electrons. The van der Waals surface area contributed by atoms with Crippen LogP contribution in [-0.4, -0.2) is 24.9 Å². The minimum Gasteiger partial charge on any atom is -0.366 e. The zero-order valence-corrected chi connectivity index (χ0v) is 13.4. The third-order valence-electron chi connectivity index (χ3n) is 3.63. The Labute approximate surface area is 133 Å². The van der Waals surface area contributed by atoms with Crippen molar-refractivity contribution in [2.75, 3.05) is 12.4 Å². The Bertz CT molecular complexity index is 638. The van der Waals surface area contributed by atoms with E-state index in [2.05, 4.69) is 16.8 Å². The van der Waals surface area contributed by atoms with Crippen LogP contribution in [0.4, 0.5) is 5.69 Å². The molecule has 0 aliphatic rings. The van der Waals surface area contributed by atoms with Gasteiger partial charge in [-0.05, 0) is 48.0 Å². The number of thiophene rings is 1. The maximum Gasteiger partial charge on any atom is 0.282 e. The molecule has 4 N–H and O–H groups in total. The summed E-state index contributed by atoms with van der Waals surface area (Å²) in [5.74, 6) is -0.536.